The molecule has 1 N–H and O–H groups in total. The summed E-state index contributed by atoms with van der Waals surface area (Å²) in [4.78, 5) is 3.99. The Morgan fingerprint density at radius 3 is 2.53 bits per heavy atom. The summed E-state index contributed by atoms with van der Waals surface area (Å²) in [5.74, 6) is 0.974. The first-order chi connectivity index (χ1) is 8.88. The van der Waals surface area contributed by atoms with Crippen molar-refractivity contribution in [1.82, 2.24) is 4.98 Å². The fraction of sp³-hybridized carbons (Fsp3) is 0.308. The van der Waals surface area contributed by atoms with Crippen molar-refractivity contribution >= 4 is 5.69 Å². The molecule has 0 fully saturated rings. The van der Waals surface area contributed by atoms with Crippen LogP contribution in [0.4, 0.5) is 18.9 Å². The monoisotopic (exact) mass is 270 g/mol. The Bertz CT molecular complexity index is 563. The van der Waals surface area contributed by atoms with E-state index >= 15 is 0 Å². The van der Waals surface area contributed by atoms with Crippen LogP contribution < -0.4 is 5.32 Å². The van der Waals surface area contributed by atoms with Gasteiger partial charge in [0.25, 0.3) is 0 Å². The molecule has 19 heavy (non-hydrogen) atoms. The predicted octanol–water partition coefficient (Wildman–Crippen LogP) is 4.17. The summed E-state index contributed by atoms with van der Waals surface area (Å²) >= 11 is 0. The van der Waals surface area contributed by atoms with Gasteiger partial charge in [-0.1, -0.05) is 12.1 Å². The zero-order valence-corrected chi connectivity index (χ0v) is 10.5. The SMILES string of the molecule is Cc1cnc(C(C)Nc2ccccc2C(F)(F)F)o1. The maximum atomic E-state index is 12.8. The normalized spacial score (nSPS) is 13.3. The zero-order chi connectivity index (χ0) is 14.0. The Balaban J connectivity index is 2.24. The fourth-order valence-electron chi connectivity index (χ4n) is 1.72. The molecule has 0 aliphatic rings. The topological polar surface area (TPSA) is 38.1 Å². The van der Waals surface area contributed by atoms with Crippen LogP contribution in [0.5, 0.6) is 0 Å². The lowest BCUT2D eigenvalue weighted by molar-refractivity contribution is -0.137. The highest BCUT2D eigenvalue weighted by Crippen LogP contribution is 2.35. The summed E-state index contributed by atoms with van der Waals surface area (Å²) < 4.78 is 43.8. The van der Waals surface area contributed by atoms with Gasteiger partial charge in [0, 0.05) is 5.69 Å². The highest BCUT2D eigenvalue weighted by atomic mass is 19.4. The van der Waals surface area contributed by atoms with Gasteiger partial charge in [0.2, 0.25) is 5.89 Å². The summed E-state index contributed by atoms with van der Waals surface area (Å²) in [6.45, 7) is 3.42. The average molecular weight is 270 g/mol. The number of para-hydroxylation sites is 1. The Kier molecular flexibility index (Phi) is 3.50. The van der Waals surface area contributed by atoms with Crippen molar-refractivity contribution in [2.45, 2.75) is 26.1 Å². The number of alkyl halides is 3. The van der Waals surface area contributed by atoms with Gasteiger partial charge in [0.15, 0.2) is 0 Å². The van der Waals surface area contributed by atoms with Gasteiger partial charge < -0.3 is 9.73 Å². The van der Waals surface area contributed by atoms with Crippen molar-refractivity contribution in [3.63, 3.8) is 0 Å². The summed E-state index contributed by atoms with van der Waals surface area (Å²) in [6.07, 6.45) is -2.86. The van der Waals surface area contributed by atoms with E-state index in [1.165, 1.54) is 18.3 Å². The van der Waals surface area contributed by atoms with E-state index < -0.39 is 17.8 Å². The minimum absolute atomic E-state index is 0.0124. The number of oxazole rings is 1. The molecule has 3 nitrogen and oxygen atoms in total. The lowest BCUT2D eigenvalue weighted by Crippen LogP contribution is -2.13. The largest absolute Gasteiger partial charge is 0.444 e. The first-order valence-corrected chi connectivity index (χ1v) is 5.73. The maximum Gasteiger partial charge on any atom is 0.418 e. The van der Waals surface area contributed by atoms with E-state index in [-0.39, 0.29) is 5.69 Å². The summed E-state index contributed by atoms with van der Waals surface area (Å²) in [7, 11) is 0. The van der Waals surface area contributed by atoms with E-state index in [1.54, 1.807) is 19.9 Å². The van der Waals surface area contributed by atoms with E-state index in [4.69, 9.17) is 4.42 Å². The molecule has 0 amide bonds. The third-order valence-electron chi connectivity index (χ3n) is 2.61. The standard InChI is InChI=1S/C13H13F3N2O/c1-8-7-17-12(19-8)9(2)18-11-6-4-3-5-10(11)13(14,15)16/h3-7,9,18H,1-2H3. The van der Waals surface area contributed by atoms with E-state index in [9.17, 15) is 13.2 Å². The Hall–Kier alpha value is -1.98. The second-order valence-corrected chi connectivity index (χ2v) is 4.22. The molecule has 0 spiro atoms. The van der Waals surface area contributed by atoms with Gasteiger partial charge in [-0.15, -0.1) is 0 Å². The number of aryl methyl sites for hydroxylation is 1. The van der Waals surface area contributed by atoms with Crippen LogP contribution in [-0.2, 0) is 6.18 Å². The summed E-state index contributed by atoms with van der Waals surface area (Å²) in [5.41, 5.74) is -0.691. The van der Waals surface area contributed by atoms with Gasteiger partial charge in [-0.05, 0) is 26.0 Å². The van der Waals surface area contributed by atoms with E-state index in [0.29, 0.717) is 11.7 Å². The maximum absolute atomic E-state index is 12.8. The molecule has 1 unspecified atom stereocenters. The van der Waals surface area contributed by atoms with Crippen LogP contribution in [0.15, 0.2) is 34.9 Å². The Morgan fingerprint density at radius 2 is 1.95 bits per heavy atom. The molecule has 0 aliphatic heterocycles. The number of hydrogen-bond donors (Lipinski definition) is 1. The summed E-state index contributed by atoms with van der Waals surface area (Å²) in [5, 5.41) is 2.77. The second-order valence-electron chi connectivity index (χ2n) is 4.22. The summed E-state index contributed by atoms with van der Waals surface area (Å²) in [6, 6.07) is 4.88. The van der Waals surface area contributed by atoms with Crippen molar-refractivity contribution < 1.29 is 17.6 Å². The first kappa shape index (κ1) is 13.5. The van der Waals surface area contributed by atoms with Crippen molar-refractivity contribution in [3.05, 3.63) is 47.7 Å². The molecular formula is C13H13F3N2O. The van der Waals surface area contributed by atoms with Crippen molar-refractivity contribution in [2.75, 3.05) is 5.32 Å². The third-order valence-corrected chi connectivity index (χ3v) is 2.61. The Labute approximate surface area is 108 Å². The smallest absolute Gasteiger partial charge is 0.418 e. The lowest BCUT2D eigenvalue weighted by Gasteiger charge is -2.17. The number of hydrogen-bond acceptors (Lipinski definition) is 3. The highest BCUT2D eigenvalue weighted by Gasteiger charge is 2.33. The molecule has 102 valence electrons. The molecule has 6 heteroatoms. The lowest BCUT2D eigenvalue weighted by atomic mass is 10.1. The molecule has 0 saturated carbocycles. The number of aromatic nitrogens is 1. The third kappa shape index (κ3) is 3.07. The molecule has 1 aromatic heterocycles. The number of nitrogens with one attached hydrogen (secondary N) is 1. The minimum atomic E-state index is -4.39. The van der Waals surface area contributed by atoms with Crippen LogP contribution in [0.1, 0.15) is 30.2 Å². The van der Waals surface area contributed by atoms with Crippen LogP contribution in [0.25, 0.3) is 0 Å². The van der Waals surface area contributed by atoms with Crippen LogP contribution >= 0.6 is 0 Å². The van der Waals surface area contributed by atoms with Crippen LogP contribution in [0.2, 0.25) is 0 Å². The van der Waals surface area contributed by atoms with Gasteiger partial charge >= 0.3 is 6.18 Å². The van der Waals surface area contributed by atoms with E-state index in [0.717, 1.165) is 6.07 Å². The molecule has 0 radical (unpaired) electrons. The number of benzene rings is 1. The molecule has 0 aliphatic carbocycles. The average Bonchev–Trinajstić information content (AvgIpc) is 2.75. The first-order valence-electron chi connectivity index (χ1n) is 5.73. The van der Waals surface area contributed by atoms with E-state index in [1.807, 2.05) is 0 Å². The molecule has 1 atom stereocenters. The van der Waals surface area contributed by atoms with Crippen LogP contribution in [0, 0.1) is 6.92 Å². The minimum Gasteiger partial charge on any atom is -0.444 e. The second kappa shape index (κ2) is 4.95. The quantitative estimate of drug-likeness (QED) is 0.909. The number of halogens is 3. The van der Waals surface area contributed by atoms with Crippen molar-refractivity contribution in [2.24, 2.45) is 0 Å². The van der Waals surface area contributed by atoms with Gasteiger partial charge in [-0.2, -0.15) is 13.2 Å². The van der Waals surface area contributed by atoms with Crippen LogP contribution in [-0.4, -0.2) is 4.98 Å². The van der Waals surface area contributed by atoms with Gasteiger partial charge in [-0.3, -0.25) is 0 Å². The predicted molar refractivity (Wildman–Crippen MR) is 64.7 cm³/mol. The zero-order valence-electron chi connectivity index (χ0n) is 10.5. The fourth-order valence-corrected chi connectivity index (χ4v) is 1.72. The number of rotatable bonds is 3. The van der Waals surface area contributed by atoms with Gasteiger partial charge in [0.1, 0.15) is 11.8 Å². The Morgan fingerprint density at radius 1 is 1.26 bits per heavy atom. The molecule has 2 rings (SSSR count). The van der Waals surface area contributed by atoms with Gasteiger partial charge in [0.05, 0.1) is 11.8 Å². The van der Waals surface area contributed by atoms with Crippen molar-refractivity contribution in [1.29, 1.82) is 0 Å². The highest BCUT2D eigenvalue weighted by molar-refractivity contribution is 5.53. The van der Waals surface area contributed by atoms with Crippen LogP contribution in [0.3, 0.4) is 0 Å². The molecule has 1 aromatic carbocycles. The number of nitrogens with zero attached hydrogens (tertiary/aromatic N) is 1. The molecular weight excluding hydrogens is 257 g/mol. The van der Waals surface area contributed by atoms with E-state index in [2.05, 4.69) is 10.3 Å². The molecule has 0 bridgehead atoms. The number of anilines is 1. The van der Waals surface area contributed by atoms with Gasteiger partial charge in [-0.25, -0.2) is 4.98 Å². The van der Waals surface area contributed by atoms with Crippen molar-refractivity contribution in [3.8, 4) is 0 Å². The molecule has 0 saturated heterocycles. The molecule has 2 aromatic rings. The molecule has 1 heterocycles.